The van der Waals surface area contributed by atoms with Gasteiger partial charge in [-0.05, 0) is 6.07 Å². The van der Waals surface area contributed by atoms with Crippen molar-refractivity contribution in [2.24, 2.45) is 4.99 Å². The summed E-state index contributed by atoms with van der Waals surface area (Å²) in [5, 5.41) is 10.9. The summed E-state index contributed by atoms with van der Waals surface area (Å²) in [5.41, 5.74) is -0.0620. The van der Waals surface area contributed by atoms with E-state index in [4.69, 9.17) is 4.99 Å². The first-order valence-electron chi connectivity index (χ1n) is 6.58. The van der Waals surface area contributed by atoms with Crippen molar-refractivity contribution in [2.45, 2.75) is 5.54 Å². The first-order chi connectivity index (χ1) is 9.62. The summed E-state index contributed by atoms with van der Waals surface area (Å²) in [4.78, 5) is 23.2. The number of rotatable bonds is 3. The van der Waals surface area contributed by atoms with Crippen molar-refractivity contribution >= 4 is 22.6 Å². The topological polar surface area (TPSA) is 65.2 Å². The van der Waals surface area contributed by atoms with Crippen LogP contribution in [0.25, 0.3) is 0 Å². The van der Waals surface area contributed by atoms with Gasteiger partial charge in [-0.15, -0.1) is 0 Å². The lowest BCUT2D eigenvalue weighted by Gasteiger charge is -2.59. The standard InChI is InChI=1S/C12H15N5O2S/c18-17(19)11-2-1-10(20-11)3-13-12-4-14-7-15(5-12)9-16(6-12)8-14/h1-3H,4-9H2. The van der Waals surface area contributed by atoms with Gasteiger partial charge in [-0.25, -0.2) is 0 Å². The van der Waals surface area contributed by atoms with Crippen LogP contribution >= 0.6 is 11.3 Å². The van der Waals surface area contributed by atoms with Gasteiger partial charge in [0, 0.05) is 31.9 Å². The van der Waals surface area contributed by atoms with Crippen LogP contribution in [-0.2, 0) is 0 Å². The van der Waals surface area contributed by atoms with Crippen LogP contribution in [0.15, 0.2) is 17.1 Å². The summed E-state index contributed by atoms with van der Waals surface area (Å²) in [5.74, 6) is 0. The van der Waals surface area contributed by atoms with Crippen LogP contribution in [0.2, 0.25) is 0 Å². The van der Waals surface area contributed by atoms with Gasteiger partial charge in [-0.3, -0.25) is 29.8 Å². The second-order valence-electron chi connectivity index (χ2n) is 5.83. The van der Waals surface area contributed by atoms with Gasteiger partial charge in [0.1, 0.15) is 0 Å². The Morgan fingerprint density at radius 2 is 1.80 bits per heavy atom. The summed E-state index contributed by atoms with van der Waals surface area (Å²) < 4.78 is 0. The first-order valence-corrected chi connectivity index (χ1v) is 7.40. The largest absolute Gasteiger partial charge is 0.324 e. The summed E-state index contributed by atoms with van der Waals surface area (Å²) in [6.07, 6.45) is 1.81. The molecule has 0 spiro atoms. The van der Waals surface area contributed by atoms with Crippen molar-refractivity contribution in [2.75, 3.05) is 39.6 Å². The lowest BCUT2D eigenvalue weighted by Crippen LogP contribution is -2.75. The highest BCUT2D eigenvalue weighted by Crippen LogP contribution is 2.32. The summed E-state index contributed by atoms with van der Waals surface area (Å²) >= 11 is 1.18. The maximum atomic E-state index is 10.7. The Morgan fingerprint density at radius 1 is 1.20 bits per heavy atom. The molecule has 1 aromatic heterocycles. The quantitative estimate of drug-likeness (QED) is 0.465. The Morgan fingerprint density at radius 3 is 2.30 bits per heavy atom. The van der Waals surface area contributed by atoms with Gasteiger partial charge >= 0.3 is 5.00 Å². The fourth-order valence-corrected chi connectivity index (χ4v) is 4.21. The van der Waals surface area contributed by atoms with Gasteiger partial charge in [0.2, 0.25) is 0 Å². The van der Waals surface area contributed by atoms with Crippen molar-refractivity contribution < 1.29 is 4.92 Å². The van der Waals surface area contributed by atoms with E-state index in [1.807, 2.05) is 6.21 Å². The SMILES string of the molecule is O=[N+]([O-])c1ccc(C=NC23CN4CN(CN(C4)C2)C3)s1. The molecule has 0 unspecified atom stereocenters. The predicted octanol–water partition coefficient (Wildman–Crippen LogP) is 0.633. The van der Waals surface area contributed by atoms with Crippen LogP contribution in [0.3, 0.4) is 0 Å². The highest BCUT2D eigenvalue weighted by Gasteiger charge is 2.48. The Hall–Kier alpha value is -1.35. The zero-order chi connectivity index (χ0) is 13.7. The molecule has 4 aliphatic rings. The monoisotopic (exact) mass is 293 g/mol. The Bertz CT molecular complexity index is 549. The molecule has 0 aliphatic carbocycles. The minimum absolute atomic E-state index is 0.0620. The van der Waals surface area contributed by atoms with Gasteiger partial charge < -0.3 is 0 Å². The first kappa shape index (κ1) is 12.4. The third-order valence-corrected chi connectivity index (χ3v) is 4.98. The molecule has 5 rings (SSSR count). The number of nitro groups is 1. The third-order valence-electron chi connectivity index (χ3n) is 4.01. The second-order valence-corrected chi connectivity index (χ2v) is 6.92. The molecule has 0 atom stereocenters. The maximum absolute atomic E-state index is 10.7. The van der Waals surface area contributed by atoms with E-state index in [0.717, 1.165) is 44.5 Å². The maximum Gasteiger partial charge on any atom is 0.324 e. The molecule has 0 radical (unpaired) electrons. The average Bonchev–Trinajstić information content (AvgIpc) is 2.84. The molecular formula is C12H15N5O2S. The molecule has 7 nitrogen and oxygen atoms in total. The molecule has 0 N–H and O–H groups in total. The molecule has 4 saturated heterocycles. The number of nitrogens with zero attached hydrogens (tertiary/aromatic N) is 5. The van der Waals surface area contributed by atoms with Gasteiger partial charge in [-0.1, -0.05) is 11.3 Å². The van der Waals surface area contributed by atoms with Crippen molar-refractivity contribution in [3.8, 4) is 0 Å². The number of thiophene rings is 1. The molecule has 8 heteroatoms. The molecule has 1 aromatic rings. The second kappa shape index (κ2) is 4.32. The Labute approximate surface area is 120 Å². The van der Waals surface area contributed by atoms with E-state index < -0.39 is 0 Å². The fraction of sp³-hybridized carbons (Fsp3) is 0.583. The van der Waals surface area contributed by atoms with Crippen molar-refractivity contribution in [1.29, 1.82) is 0 Å². The van der Waals surface area contributed by atoms with E-state index in [-0.39, 0.29) is 15.5 Å². The lowest BCUT2D eigenvalue weighted by atomic mass is 9.92. The molecule has 4 bridgehead atoms. The minimum Gasteiger partial charge on any atom is -0.281 e. The summed E-state index contributed by atoms with van der Waals surface area (Å²) in [7, 11) is 0. The number of hydrogen-bond donors (Lipinski definition) is 0. The molecule has 0 saturated carbocycles. The van der Waals surface area contributed by atoms with Crippen LogP contribution < -0.4 is 0 Å². The fourth-order valence-electron chi connectivity index (χ4n) is 3.51. The zero-order valence-corrected chi connectivity index (χ0v) is 11.8. The predicted molar refractivity (Wildman–Crippen MR) is 76.0 cm³/mol. The molecule has 0 amide bonds. The van der Waals surface area contributed by atoms with Crippen LogP contribution in [0, 0.1) is 10.1 Å². The van der Waals surface area contributed by atoms with Crippen molar-refractivity contribution in [3.05, 3.63) is 27.1 Å². The summed E-state index contributed by atoms with van der Waals surface area (Å²) in [6, 6.07) is 3.32. The van der Waals surface area contributed by atoms with Gasteiger partial charge in [0.05, 0.1) is 35.3 Å². The van der Waals surface area contributed by atoms with Crippen molar-refractivity contribution in [3.63, 3.8) is 0 Å². The van der Waals surface area contributed by atoms with E-state index in [0.29, 0.717) is 0 Å². The van der Waals surface area contributed by atoms with Crippen LogP contribution in [0.5, 0.6) is 0 Å². The molecule has 106 valence electrons. The van der Waals surface area contributed by atoms with Crippen LogP contribution in [0.4, 0.5) is 5.00 Å². The van der Waals surface area contributed by atoms with Crippen LogP contribution in [0.1, 0.15) is 4.88 Å². The lowest BCUT2D eigenvalue weighted by molar-refractivity contribution is -0.380. The van der Waals surface area contributed by atoms with Crippen LogP contribution in [-0.4, -0.2) is 71.0 Å². The highest BCUT2D eigenvalue weighted by atomic mass is 32.1. The number of hydrogen-bond acceptors (Lipinski definition) is 7. The van der Waals surface area contributed by atoms with E-state index in [9.17, 15) is 10.1 Å². The minimum atomic E-state index is -0.351. The Kier molecular flexibility index (Phi) is 2.68. The smallest absolute Gasteiger partial charge is 0.281 e. The molecule has 20 heavy (non-hydrogen) atoms. The number of aliphatic imine (C=N–C) groups is 1. The molecule has 4 fully saturated rings. The van der Waals surface area contributed by atoms with Gasteiger partial charge in [0.15, 0.2) is 0 Å². The Balaban J connectivity index is 1.55. The van der Waals surface area contributed by atoms with Gasteiger partial charge in [-0.2, -0.15) is 0 Å². The van der Waals surface area contributed by atoms with E-state index in [1.54, 1.807) is 12.1 Å². The molecule has 5 heterocycles. The normalized spacial score (nSPS) is 38.7. The van der Waals surface area contributed by atoms with Crippen molar-refractivity contribution in [1.82, 2.24) is 14.7 Å². The molecule has 4 aliphatic heterocycles. The summed E-state index contributed by atoms with van der Waals surface area (Å²) in [6.45, 7) is 6.09. The average molecular weight is 293 g/mol. The zero-order valence-electron chi connectivity index (χ0n) is 10.9. The van der Waals surface area contributed by atoms with E-state index in [2.05, 4.69) is 14.7 Å². The van der Waals surface area contributed by atoms with E-state index >= 15 is 0 Å². The van der Waals surface area contributed by atoms with E-state index in [1.165, 1.54) is 11.3 Å². The molecule has 0 aromatic carbocycles. The highest BCUT2D eigenvalue weighted by molar-refractivity contribution is 7.16. The molecular weight excluding hydrogens is 278 g/mol. The van der Waals surface area contributed by atoms with Gasteiger partial charge in [0.25, 0.3) is 0 Å². The third kappa shape index (κ3) is 2.05.